The predicted octanol–water partition coefficient (Wildman–Crippen LogP) is 1.68. The lowest BCUT2D eigenvalue weighted by molar-refractivity contribution is -0.172. The fraction of sp³-hybridized carbons (Fsp3) is 0.528. The van der Waals surface area contributed by atoms with E-state index in [1.807, 2.05) is 6.92 Å². The molecule has 0 aliphatic carbocycles. The monoisotopic (exact) mass is 710 g/mol. The topological polar surface area (TPSA) is 203 Å². The van der Waals surface area contributed by atoms with E-state index in [4.69, 9.17) is 15.2 Å². The van der Waals surface area contributed by atoms with Gasteiger partial charge in [-0.05, 0) is 95.2 Å². The molecule has 4 unspecified atom stereocenters. The predicted molar refractivity (Wildman–Crippen MR) is 185 cm³/mol. The van der Waals surface area contributed by atoms with E-state index < -0.39 is 53.0 Å². The number of aliphatic hydroxyl groups is 1. The molecule has 1 aromatic carbocycles. The number of allylic oxidation sites excluding steroid dienone is 1. The Hall–Kier alpha value is -4.60. The Labute approximate surface area is 295 Å². The number of benzene rings is 1. The number of carbonyl (C=O) groups is 4. The van der Waals surface area contributed by atoms with Gasteiger partial charge in [-0.1, -0.05) is 6.92 Å². The highest BCUT2D eigenvalue weighted by atomic mass is 19.1. The maximum Gasteiger partial charge on any atom is 0.343 e. The van der Waals surface area contributed by atoms with Crippen molar-refractivity contribution in [2.75, 3.05) is 18.7 Å². The Morgan fingerprint density at radius 2 is 1.78 bits per heavy atom. The fourth-order valence-corrected chi connectivity index (χ4v) is 6.90. The molecule has 0 bridgehead atoms. The highest BCUT2D eigenvalue weighted by Crippen LogP contribution is 2.51. The number of anilines is 1. The number of hydrogen-bond acceptors (Lipinski definition) is 10. The summed E-state index contributed by atoms with van der Waals surface area (Å²) in [4.78, 5) is 63.1. The molecular weight excluding hydrogens is 663 g/mol. The SMILES string of the molecule is CC[C@@]1(O)C(=O)OCc2c1cc1n(c2=O)CC2=C(CCCCOCNC(=O)C(C)NC(=O)C(C)NC(=O)C(C)N)c3cc(C)c(F)cc3NC21C. The van der Waals surface area contributed by atoms with Gasteiger partial charge in [0.05, 0.1) is 29.4 Å². The van der Waals surface area contributed by atoms with Gasteiger partial charge in [-0.15, -0.1) is 0 Å². The highest BCUT2D eigenvalue weighted by Gasteiger charge is 2.50. The molecule has 0 saturated heterocycles. The van der Waals surface area contributed by atoms with Crippen LogP contribution in [-0.4, -0.2) is 64.8 Å². The number of nitrogens with one attached hydrogen (secondary N) is 4. The number of nitrogens with two attached hydrogens (primary N) is 1. The van der Waals surface area contributed by atoms with Crippen molar-refractivity contribution >= 4 is 35.0 Å². The van der Waals surface area contributed by atoms with E-state index in [9.17, 15) is 33.5 Å². The highest BCUT2D eigenvalue weighted by molar-refractivity contribution is 5.92. The van der Waals surface area contributed by atoms with Gasteiger partial charge in [0, 0.05) is 23.4 Å². The third-order valence-corrected chi connectivity index (χ3v) is 10.1. The number of unbranched alkanes of at least 4 members (excludes halogenated alkanes) is 1. The van der Waals surface area contributed by atoms with Crippen molar-refractivity contribution in [3.63, 3.8) is 0 Å². The molecule has 0 fully saturated rings. The van der Waals surface area contributed by atoms with E-state index in [1.165, 1.54) is 26.8 Å². The molecule has 4 heterocycles. The lowest BCUT2D eigenvalue weighted by Gasteiger charge is -2.38. The van der Waals surface area contributed by atoms with Crippen molar-refractivity contribution in [2.24, 2.45) is 5.73 Å². The van der Waals surface area contributed by atoms with Gasteiger partial charge in [0.25, 0.3) is 5.56 Å². The van der Waals surface area contributed by atoms with Crippen molar-refractivity contribution in [2.45, 2.75) is 110 Å². The summed E-state index contributed by atoms with van der Waals surface area (Å²) in [5.74, 6) is -2.63. The van der Waals surface area contributed by atoms with Crippen LogP contribution in [0.25, 0.3) is 5.57 Å². The smallest absolute Gasteiger partial charge is 0.343 e. The Morgan fingerprint density at radius 1 is 1.10 bits per heavy atom. The number of aromatic nitrogens is 1. The first-order valence-electron chi connectivity index (χ1n) is 17.2. The van der Waals surface area contributed by atoms with E-state index in [1.54, 1.807) is 30.5 Å². The molecule has 0 spiro atoms. The number of cyclic esters (lactones) is 1. The van der Waals surface area contributed by atoms with Crippen LogP contribution in [0.15, 0.2) is 28.6 Å². The van der Waals surface area contributed by atoms with E-state index in [-0.39, 0.29) is 48.8 Å². The summed E-state index contributed by atoms with van der Waals surface area (Å²) in [5.41, 5.74) is 7.16. The van der Waals surface area contributed by atoms with Crippen molar-refractivity contribution in [3.8, 4) is 0 Å². The molecule has 14 nitrogen and oxygen atoms in total. The summed E-state index contributed by atoms with van der Waals surface area (Å²) in [6.07, 6.45) is 1.92. The standard InChI is InChI=1S/C36H47FN6O8/c1-7-36(49)25-13-29-35(6)26(15-43(29)33(47)24(25)16-51-34(36)48)22(23-12-18(2)27(37)14-28(23)42-35)10-8-9-11-50-17-39-31(45)20(4)41-32(46)21(5)40-30(44)19(3)38/h12-14,19-21,42,49H,7-11,15-17,38H2,1-6H3,(H,39,45)(H,40,44)(H,41,46)/t19?,20?,21?,35?,36-/m0/s1. The molecule has 276 valence electrons. The largest absolute Gasteiger partial charge is 0.458 e. The molecule has 7 N–H and O–H groups in total. The molecule has 2 aromatic rings. The van der Waals surface area contributed by atoms with Gasteiger partial charge in [-0.3, -0.25) is 19.2 Å². The number of pyridine rings is 1. The summed E-state index contributed by atoms with van der Waals surface area (Å²) >= 11 is 0. The average Bonchev–Trinajstić information content (AvgIpc) is 3.38. The molecule has 51 heavy (non-hydrogen) atoms. The van der Waals surface area contributed by atoms with Crippen LogP contribution in [0, 0.1) is 12.7 Å². The average molecular weight is 711 g/mol. The van der Waals surface area contributed by atoms with E-state index >= 15 is 0 Å². The summed E-state index contributed by atoms with van der Waals surface area (Å²) < 4.78 is 27.4. The summed E-state index contributed by atoms with van der Waals surface area (Å²) in [7, 11) is 0. The molecule has 3 amide bonds. The van der Waals surface area contributed by atoms with Crippen LogP contribution < -0.4 is 32.6 Å². The van der Waals surface area contributed by atoms with Crippen LogP contribution in [-0.2, 0) is 52.9 Å². The normalized spacial score (nSPS) is 21.9. The van der Waals surface area contributed by atoms with Gasteiger partial charge in [0.1, 0.15) is 31.2 Å². The first kappa shape index (κ1) is 37.7. The first-order chi connectivity index (χ1) is 24.0. The minimum absolute atomic E-state index is 0.0315. The van der Waals surface area contributed by atoms with Crippen molar-refractivity contribution < 1.29 is 38.1 Å². The number of halogens is 1. The van der Waals surface area contributed by atoms with Gasteiger partial charge in [0.15, 0.2) is 5.60 Å². The summed E-state index contributed by atoms with van der Waals surface area (Å²) in [6, 6.07) is 2.46. The number of amides is 3. The molecule has 5 rings (SSSR count). The van der Waals surface area contributed by atoms with Crippen LogP contribution in [0.3, 0.4) is 0 Å². The van der Waals surface area contributed by atoms with Crippen LogP contribution in [0.4, 0.5) is 10.1 Å². The summed E-state index contributed by atoms with van der Waals surface area (Å²) in [6.45, 7) is 10.1. The van der Waals surface area contributed by atoms with Crippen LogP contribution in [0.1, 0.15) is 88.2 Å². The minimum atomic E-state index is -1.95. The third kappa shape index (κ3) is 7.02. The Morgan fingerprint density at radius 3 is 2.47 bits per heavy atom. The van der Waals surface area contributed by atoms with Gasteiger partial charge in [-0.2, -0.15) is 0 Å². The number of fused-ring (bicyclic) bond motifs is 5. The number of nitrogens with zero attached hydrogens (tertiary/aromatic N) is 1. The van der Waals surface area contributed by atoms with Crippen molar-refractivity contribution in [1.82, 2.24) is 20.5 Å². The van der Waals surface area contributed by atoms with E-state index in [2.05, 4.69) is 21.3 Å². The second-order valence-electron chi connectivity index (χ2n) is 13.8. The third-order valence-electron chi connectivity index (χ3n) is 10.1. The van der Waals surface area contributed by atoms with Gasteiger partial charge < -0.3 is 46.1 Å². The number of ether oxygens (including phenoxy) is 2. The minimum Gasteiger partial charge on any atom is -0.458 e. The molecular formula is C36H47FN6O8. The van der Waals surface area contributed by atoms with Crippen LogP contribution >= 0.6 is 0 Å². The second kappa shape index (κ2) is 14.6. The second-order valence-corrected chi connectivity index (χ2v) is 13.8. The Balaban J connectivity index is 1.25. The van der Waals surface area contributed by atoms with E-state index in [0.717, 1.165) is 16.7 Å². The van der Waals surface area contributed by atoms with Crippen molar-refractivity contribution in [1.29, 1.82) is 0 Å². The maximum atomic E-state index is 14.9. The van der Waals surface area contributed by atoms with Crippen molar-refractivity contribution in [3.05, 3.63) is 67.9 Å². The fourth-order valence-electron chi connectivity index (χ4n) is 6.90. The number of rotatable bonds is 13. The molecule has 15 heteroatoms. The van der Waals surface area contributed by atoms with Gasteiger partial charge >= 0.3 is 5.97 Å². The Bertz CT molecular complexity index is 1860. The number of carbonyl (C=O) groups excluding carboxylic acids is 4. The van der Waals surface area contributed by atoms with Gasteiger partial charge in [-0.25, -0.2) is 9.18 Å². The zero-order valence-corrected chi connectivity index (χ0v) is 29.8. The van der Waals surface area contributed by atoms with Crippen LogP contribution in [0.5, 0.6) is 0 Å². The molecule has 5 atom stereocenters. The molecule has 3 aliphatic rings. The zero-order chi connectivity index (χ0) is 37.4. The first-order valence-corrected chi connectivity index (χ1v) is 17.2. The van der Waals surface area contributed by atoms with E-state index in [0.29, 0.717) is 42.8 Å². The zero-order valence-electron chi connectivity index (χ0n) is 29.8. The number of esters is 1. The number of hydrogen-bond donors (Lipinski definition) is 6. The number of aryl methyl sites for hydroxylation is 1. The molecule has 0 radical (unpaired) electrons. The maximum absolute atomic E-state index is 14.9. The summed E-state index contributed by atoms with van der Waals surface area (Å²) in [5, 5.41) is 22.4. The molecule has 3 aliphatic heterocycles. The lowest BCUT2D eigenvalue weighted by atomic mass is 9.78. The molecule has 1 aromatic heterocycles. The van der Waals surface area contributed by atoms with Crippen LogP contribution in [0.2, 0.25) is 0 Å². The quantitative estimate of drug-likeness (QED) is 0.101. The van der Waals surface area contributed by atoms with Gasteiger partial charge in [0.2, 0.25) is 17.7 Å². The Kier molecular flexibility index (Phi) is 10.7. The molecule has 0 saturated carbocycles. The lowest BCUT2D eigenvalue weighted by Crippen LogP contribution is -2.53.